The second kappa shape index (κ2) is 7.82. The molecule has 2 aromatic rings. The number of hydrogen-bond acceptors (Lipinski definition) is 3. The number of carbonyl (C=O) groups is 1. The standard InChI is InChI=1S/C17H17ClO4/c1-21-15-8-7-14(18)9-13(15)10-16(17(19)20)22-11-12-5-3-2-4-6-12/h2-9,16H,10-11H2,1H3,(H,19,20). The number of ether oxygens (including phenoxy) is 2. The lowest BCUT2D eigenvalue weighted by molar-refractivity contribution is -0.151. The van der Waals surface area contributed by atoms with Crippen molar-refractivity contribution in [1.82, 2.24) is 0 Å². The molecule has 116 valence electrons. The molecule has 2 aromatic carbocycles. The smallest absolute Gasteiger partial charge is 0.333 e. The maximum atomic E-state index is 11.4. The highest BCUT2D eigenvalue weighted by molar-refractivity contribution is 6.30. The van der Waals surface area contributed by atoms with E-state index >= 15 is 0 Å². The van der Waals surface area contributed by atoms with Gasteiger partial charge in [0.15, 0.2) is 6.10 Å². The molecule has 1 N–H and O–H groups in total. The maximum Gasteiger partial charge on any atom is 0.333 e. The molecular formula is C17H17ClO4. The van der Waals surface area contributed by atoms with Gasteiger partial charge in [0.25, 0.3) is 0 Å². The van der Waals surface area contributed by atoms with Crippen LogP contribution in [0.3, 0.4) is 0 Å². The van der Waals surface area contributed by atoms with Gasteiger partial charge >= 0.3 is 5.97 Å². The van der Waals surface area contributed by atoms with Gasteiger partial charge < -0.3 is 14.6 Å². The summed E-state index contributed by atoms with van der Waals surface area (Å²) < 4.78 is 10.8. The van der Waals surface area contributed by atoms with Crippen molar-refractivity contribution in [1.29, 1.82) is 0 Å². The number of halogens is 1. The van der Waals surface area contributed by atoms with E-state index in [1.165, 1.54) is 7.11 Å². The molecule has 0 aromatic heterocycles. The third-order valence-corrected chi connectivity index (χ3v) is 3.45. The summed E-state index contributed by atoms with van der Waals surface area (Å²) in [6.45, 7) is 0.237. The molecule has 0 aliphatic carbocycles. The molecule has 0 amide bonds. The Kier molecular flexibility index (Phi) is 5.81. The van der Waals surface area contributed by atoms with Crippen LogP contribution in [-0.2, 0) is 22.6 Å². The van der Waals surface area contributed by atoms with Crippen molar-refractivity contribution in [2.75, 3.05) is 7.11 Å². The Balaban J connectivity index is 2.09. The molecule has 0 saturated carbocycles. The Morgan fingerprint density at radius 1 is 1.23 bits per heavy atom. The molecule has 0 fully saturated rings. The SMILES string of the molecule is COc1ccc(Cl)cc1CC(OCc1ccccc1)C(=O)O. The van der Waals surface area contributed by atoms with Crippen LogP contribution >= 0.6 is 11.6 Å². The summed E-state index contributed by atoms with van der Waals surface area (Å²) in [4.78, 5) is 11.4. The van der Waals surface area contributed by atoms with Gasteiger partial charge in [-0.05, 0) is 29.3 Å². The lowest BCUT2D eigenvalue weighted by Crippen LogP contribution is -2.26. The van der Waals surface area contributed by atoms with E-state index < -0.39 is 12.1 Å². The summed E-state index contributed by atoms with van der Waals surface area (Å²) in [5.74, 6) is -0.420. The van der Waals surface area contributed by atoms with Crippen molar-refractivity contribution < 1.29 is 19.4 Å². The van der Waals surface area contributed by atoms with Crippen LogP contribution in [0.2, 0.25) is 5.02 Å². The lowest BCUT2D eigenvalue weighted by Gasteiger charge is -2.16. The van der Waals surface area contributed by atoms with Gasteiger partial charge in [-0.2, -0.15) is 0 Å². The van der Waals surface area contributed by atoms with Crippen molar-refractivity contribution in [3.8, 4) is 5.75 Å². The molecule has 0 heterocycles. The zero-order chi connectivity index (χ0) is 15.9. The Labute approximate surface area is 134 Å². The number of hydrogen-bond donors (Lipinski definition) is 1. The van der Waals surface area contributed by atoms with Gasteiger partial charge in [-0.15, -0.1) is 0 Å². The van der Waals surface area contributed by atoms with Gasteiger partial charge in [0, 0.05) is 11.4 Å². The van der Waals surface area contributed by atoms with Gasteiger partial charge in [0.2, 0.25) is 0 Å². The van der Waals surface area contributed by atoms with Crippen LogP contribution in [0.1, 0.15) is 11.1 Å². The number of rotatable bonds is 7. The average Bonchev–Trinajstić information content (AvgIpc) is 2.52. The topological polar surface area (TPSA) is 55.8 Å². The maximum absolute atomic E-state index is 11.4. The lowest BCUT2D eigenvalue weighted by atomic mass is 10.1. The van der Waals surface area contributed by atoms with Gasteiger partial charge in [0.05, 0.1) is 13.7 Å². The molecule has 2 rings (SSSR count). The molecule has 4 nitrogen and oxygen atoms in total. The molecule has 0 spiro atoms. The first kappa shape index (κ1) is 16.3. The number of benzene rings is 2. The molecular weight excluding hydrogens is 304 g/mol. The van der Waals surface area contributed by atoms with E-state index in [2.05, 4.69) is 0 Å². The van der Waals surface area contributed by atoms with Crippen LogP contribution in [0, 0.1) is 0 Å². The highest BCUT2D eigenvalue weighted by Crippen LogP contribution is 2.24. The zero-order valence-electron chi connectivity index (χ0n) is 12.2. The minimum absolute atomic E-state index is 0.186. The predicted molar refractivity (Wildman–Crippen MR) is 84.4 cm³/mol. The van der Waals surface area contributed by atoms with Crippen LogP contribution < -0.4 is 4.74 Å². The Morgan fingerprint density at radius 3 is 2.59 bits per heavy atom. The van der Waals surface area contributed by atoms with Crippen molar-refractivity contribution in [3.63, 3.8) is 0 Å². The molecule has 0 aliphatic heterocycles. The zero-order valence-corrected chi connectivity index (χ0v) is 12.9. The third kappa shape index (κ3) is 4.48. The summed E-state index contributed by atoms with van der Waals surface area (Å²) in [5.41, 5.74) is 1.63. The number of carboxylic acids is 1. The number of methoxy groups -OCH3 is 1. The van der Waals surface area contributed by atoms with Gasteiger partial charge in [0.1, 0.15) is 5.75 Å². The number of aliphatic carboxylic acids is 1. The van der Waals surface area contributed by atoms with Gasteiger partial charge in [-0.25, -0.2) is 4.79 Å². The van der Waals surface area contributed by atoms with Crippen LogP contribution in [0.15, 0.2) is 48.5 Å². The Morgan fingerprint density at radius 2 is 1.95 bits per heavy atom. The number of carboxylic acid groups (broad SMARTS) is 1. The van der Waals surface area contributed by atoms with E-state index in [-0.39, 0.29) is 13.0 Å². The monoisotopic (exact) mass is 320 g/mol. The summed E-state index contributed by atoms with van der Waals surface area (Å²) in [5, 5.41) is 9.88. The molecule has 0 aliphatic rings. The Bertz CT molecular complexity index is 628. The van der Waals surface area contributed by atoms with Crippen LogP contribution in [0.25, 0.3) is 0 Å². The highest BCUT2D eigenvalue weighted by Gasteiger charge is 2.21. The third-order valence-electron chi connectivity index (χ3n) is 3.22. The van der Waals surface area contributed by atoms with Crippen LogP contribution in [0.4, 0.5) is 0 Å². The van der Waals surface area contributed by atoms with Crippen molar-refractivity contribution in [2.45, 2.75) is 19.1 Å². The molecule has 22 heavy (non-hydrogen) atoms. The first-order valence-corrected chi connectivity index (χ1v) is 7.18. The summed E-state index contributed by atoms with van der Waals surface area (Å²) >= 11 is 5.97. The first-order chi connectivity index (χ1) is 10.6. The molecule has 1 unspecified atom stereocenters. The normalized spacial score (nSPS) is 11.9. The highest BCUT2D eigenvalue weighted by atomic mass is 35.5. The molecule has 0 bridgehead atoms. The quantitative estimate of drug-likeness (QED) is 0.847. The molecule has 1 atom stereocenters. The minimum atomic E-state index is -1.02. The summed E-state index contributed by atoms with van der Waals surface area (Å²) in [7, 11) is 1.54. The first-order valence-electron chi connectivity index (χ1n) is 6.81. The molecule has 5 heteroatoms. The summed E-state index contributed by atoms with van der Waals surface area (Å²) in [6, 6.07) is 14.6. The van der Waals surface area contributed by atoms with E-state index in [1.54, 1.807) is 18.2 Å². The van der Waals surface area contributed by atoms with Crippen molar-refractivity contribution >= 4 is 17.6 Å². The van der Waals surface area contributed by atoms with E-state index in [0.29, 0.717) is 16.3 Å². The second-order valence-corrected chi connectivity index (χ2v) is 5.22. The van der Waals surface area contributed by atoms with E-state index in [1.807, 2.05) is 30.3 Å². The van der Waals surface area contributed by atoms with Gasteiger partial charge in [-0.1, -0.05) is 41.9 Å². The Hall–Kier alpha value is -2.04. The van der Waals surface area contributed by atoms with Crippen LogP contribution in [0.5, 0.6) is 5.75 Å². The second-order valence-electron chi connectivity index (χ2n) is 4.78. The largest absolute Gasteiger partial charge is 0.496 e. The van der Waals surface area contributed by atoms with Gasteiger partial charge in [-0.3, -0.25) is 0 Å². The fourth-order valence-corrected chi connectivity index (χ4v) is 2.29. The molecule has 0 saturated heterocycles. The van der Waals surface area contributed by atoms with E-state index in [4.69, 9.17) is 21.1 Å². The predicted octanol–water partition coefficient (Wildman–Crippen LogP) is 3.56. The van der Waals surface area contributed by atoms with Crippen LogP contribution in [-0.4, -0.2) is 24.3 Å². The van der Waals surface area contributed by atoms with Crippen molar-refractivity contribution in [2.24, 2.45) is 0 Å². The fraction of sp³-hybridized carbons (Fsp3) is 0.235. The minimum Gasteiger partial charge on any atom is -0.496 e. The average molecular weight is 321 g/mol. The van der Waals surface area contributed by atoms with Crippen molar-refractivity contribution in [3.05, 3.63) is 64.7 Å². The molecule has 0 radical (unpaired) electrons. The van der Waals surface area contributed by atoms with E-state index in [9.17, 15) is 9.90 Å². The van der Waals surface area contributed by atoms with E-state index in [0.717, 1.165) is 5.56 Å². The fourth-order valence-electron chi connectivity index (χ4n) is 2.09. The summed E-state index contributed by atoms with van der Waals surface area (Å²) in [6.07, 6.45) is -0.779.